The molecule has 14 heavy (non-hydrogen) atoms. The molecular weight excluding hydrogens is 193 g/mol. The molecule has 0 aliphatic carbocycles. The van der Waals surface area contributed by atoms with Crippen LogP contribution in [0, 0.1) is 0 Å². The molecule has 2 nitrogen and oxygen atoms in total. The summed E-state index contributed by atoms with van der Waals surface area (Å²) in [7, 11) is 0. The zero-order chi connectivity index (χ0) is 10.2. The SMILES string of the molecule is FC(F)(F)[NH+]1CCc2ncccc2C1. The van der Waals surface area contributed by atoms with Gasteiger partial charge in [-0.15, -0.1) is 13.2 Å². The van der Waals surface area contributed by atoms with Gasteiger partial charge in [-0.25, -0.2) is 4.90 Å². The molecular formula is C9H10F3N2+. The first kappa shape index (κ1) is 9.45. The highest BCUT2D eigenvalue weighted by Gasteiger charge is 2.44. The molecule has 76 valence electrons. The van der Waals surface area contributed by atoms with E-state index in [4.69, 9.17) is 0 Å². The van der Waals surface area contributed by atoms with E-state index in [1.807, 2.05) is 0 Å². The second-order valence-electron chi connectivity index (χ2n) is 3.39. The number of aromatic nitrogens is 1. The van der Waals surface area contributed by atoms with Crippen LogP contribution in [0.15, 0.2) is 18.3 Å². The molecule has 0 amide bonds. The van der Waals surface area contributed by atoms with Gasteiger partial charge in [-0.05, 0) is 6.07 Å². The van der Waals surface area contributed by atoms with Crippen LogP contribution in [0.4, 0.5) is 13.2 Å². The van der Waals surface area contributed by atoms with Crippen LogP contribution in [0.2, 0.25) is 0 Å². The molecule has 0 saturated carbocycles. The first-order valence-corrected chi connectivity index (χ1v) is 4.42. The van der Waals surface area contributed by atoms with Crippen molar-refractivity contribution in [1.82, 2.24) is 4.98 Å². The molecule has 2 heterocycles. The number of nitrogens with one attached hydrogen (secondary N) is 1. The predicted octanol–water partition coefficient (Wildman–Crippen LogP) is 0.542. The highest BCUT2D eigenvalue weighted by Crippen LogP contribution is 2.12. The van der Waals surface area contributed by atoms with Crippen LogP contribution in [-0.2, 0) is 13.0 Å². The number of hydrogen-bond acceptors (Lipinski definition) is 1. The highest BCUT2D eigenvalue weighted by molar-refractivity contribution is 5.19. The van der Waals surface area contributed by atoms with E-state index in [2.05, 4.69) is 4.98 Å². The summed E-state index contributed by atoms with van der Waals surface area (Å²) in [5.41, 5.74) is 1.52. The first-order valence-electron chi connectivity index (χ1n) is 4.42. The van der Waals surface area contributed by atoms with E-state index >= 15 is 0 Å². The third-order valence-corrected chi connectivity index (χ3v) is 2.45. The van der Waals surface area contributed by atoms with Crippen LogP contribution in [0.3, 0.4) is 0 Å². The first-order chi connectivity index (χ1) is 6.57. The van der Waals surface area contributed by atoms with Crippen LogP contribution in [0.1, 0.15) is 11.3 Å². The van der Waals surface area contributed by atoms with Crippen LogP contribution in [-0.4, -0.2) is 17.8 Å². The number of pyridine rings is 1. The van der Waals surface area contributed by atoms with Gasteiger partial charge in [0.15, 0.2) is 0 Å². The minimum Gasteiger partial charge on any atom is -0.261 e. The Balaban J connectivity index is 2.22. The lowest BCUT2D eigenvalue weighted by Gasteiger charge is -2.25. The van der Waals surface area contributed by atoms with Crippen molar-refractivity contribution in [3.63, 3.8) is 0 Å². The average molecular weight is 203 g/mol. The Morgan fingerprint density at radius 2 is 2.14 bits per heavy atom. The van der Waals surface area contributed by atoms with Gasteiger partial charge in [0.1, 0.15) is 6.54 Å². The summed E-state index contributed by atoms with van der Waals surface area (Å²) in [6, 6.07) is 3.39. The fourth-order valence-corrected chi connectivity index (χ4v) is 1.69. The van der Waals surface area contributed by atoms with Crippen LogP contribution >= 0.6 is 0 Å². The smallest absolute Gasteiger partial charge is 0.261 e. The zero-order valence-electron chi connectivity index (χ0n) is 7.43. The number of rotatable bonds is 0. The fraction of sp³-hybridized carbons (Fsp3) is 0.444. The Kier molecular flexibility index (Phi) is 2.19. The molecule has 1 atom stereocenters. The molecule has 2 rings (SSSR count). The van der Waals surface area contributed by atoms with E-state index in [0.717, 1.165) is 5.69 Å². The quantitative estimate of drug-likeness (QED) is 0.609. The van der Waals surface area contributed by atoms with Crippen molar-refractivity contribution in [2.24, 2.45) is 0 Å². The second-order valence-corrected chi connectivity index (χ2v) is 3.39. The van der Waals surface area contributed by atoms with Gasteiger partial charge in [0, 0.05) is 18.2 Å². The van der Waals surface area contributed by atoms with Crippen molar-refractivity contribution in [2.75, 3.05) is 6.54 Å². The monoisotopic (exact) mass is 203 g/mol. The van der Waals surface area contributed by atoms with Gasteiger partial charge >= 0.3 is 6.30 Å². The lowest BCUT2D eigenvalue weighted by molar-refractivity contribution is -1.02. The van der Waals surface area contributed by atoms with E-state index in [1.165, 1.54) is 0 Å². The highest BCUT2D eigenvalue weighted by atomic mass is 19.4. The van der Waals surface area contributed by atoms with Crippen molar-refractivity contribution in [2.45, 2.75) is 19.3 Å². The van der Waals surface area contributed by atoms with Crippen molar-refractivity contribution in [3.8, 4) is 0 Å². The molecule has 1 aromatic heterocycles. The van der Waals surface area contributed by atoms with E-state index in [-0.39, 0.29) is 18.0 Å². The van der Waals surface area contributed by atoms with Crippen molar-refractivity contribution >= 4 is 0 Å². The Morgan fingerprint density at radius 1 is 1.36 bits per heavy atom. The number of halogens is 3. The van der Waals surface area contributed by atoms with E-state index in [1.54, 1.807) is 18.3 Å². The largest absolute Gasteiger partial charge is 0.559 e. The van der Waals surface area contributed by atoms with Crippen LogP contribution < -0.4 is 4.90 Å². The molecule has 1 aliphatic rings. The summed E-state index contributed by atoms with van der Waals surface area (Å²) in [6.45, 7) is 0.0974. The van der Waals surface area contributed by atoms with Gasteiger partial charge in [0.25, 0.3) is 0 Å². The normalized spacial score (nSPS) is 21.8. The molecule has 1 aromatic rings. The maximum Gasteiger partial charge on any atom is 0.559 e. The van der Waals surface area contributed by atoms with Gasteiger partial charge in [0.05, 0.1) is 12.2 Å². The summed E-state index contributed by atoms with van der Waals surface area (Å²) >= 11 is 0. The van der Waals surface area contributed by atoms with Crippen molar-refractivity contribution in [1.29, 1.82) is 0 Å². The summed E-state index contributed by atoms with van der Waals surface area (Å²) in [4.78, 5) is 3.72. The molecule has 0 radical (unpaired) electrons. The summed E-state index contributed by atoms with van der Waals surface area (Å²) in [6.07, 6.45) is -2.12. The maximum atomic E-state index is 12.4. The zero-order valence-corrected chi connectivity index (χ0v) is 7.43. The number of nitrogens with zero attached hydrogens (tertiary/aromatic N) is 1. The van der Waals surface area contributed by atoms with Gasteiger partial charge in [-0.2, -0.15) is 0 Å². The average Bonchev–Trinajstić information content (AvgIpc) is 2.16. The molecule has 0 fully saturated rings. The van der Waals surface area contributed by atoms with Gasteiger partial charge in [-0.1, -0.05) is 6.07 Å². The van der Waals surface area contributed by atoms with Gasteiger partial charge in [-0.3, -0.25) is 4.98 Å². The number of quaternary nitrogens is 1. The van der Waals surface area contributed by atoms with Crippen LogP contribution in [0.25, 0.3) is 0 Å². The second kappa shape index (κ2) is 3.24. The minimum atomic E-state index is -4.15. The molecule has 1 unspecified atom stereocenters. The number of hydrogen-bond donors (Lipinski definition) is 1. The lowest BCUT2D eigenvalue weighted by Crippen LogP contribution is -3.17. The summed E-state index contributed by atoms with van der Waals surface area (Å²) in [5, 5.41) is 0. The standard InChI is InChI=1S/C9H9F3N2/c10-9(11,12)14-5-3-8-7(6-14)2-1-4-13-8/h1-2,4H,3,5-6H2/p+1. The third kappa shape index (κ3) is 1.72. The lowest BCUT2D eigenvalue weighted by atomic mass is 10.1. The number of alkyl halides is 3. The Morgan fingerprint density at radius 3 is 2.86 bits per heavy atom. The topological polar surface area (TPSA) is 17.3 Å². The Bertz CT molecular complexity index is 335. The molecule has 0 bridgehead atoms. The Labute approximate surface area is 79.4 Å². The molecule has 5 heteroatoms. The molecule has 1 N–H and O–H groups in total. The van der Waals surface area contributed by atoms with E-state index < -0.39 is 6.30 Å². The van der Waals surface area contributed by atoms with Crippen molar-refractivity contribution < 1.29 is 18.1 Å². The molecule has 1 aliphatic heterocycles. The fourth-order valence-electron chi connectivity index (χ4n) is 1.69. The molecule has 0 aromatic carbocycles. The van der Waals surface area contributed by atoms with E-state index in [9.17, 15) is 13.2 Å². The van der Waals surface area contributed by atoms with Gasteiger partial charge < -0.3 is 0 Å². The maximum absolute atomic E-state index is 12.4. The minimum absolute atomic E-state index is 0.00662. The third-order valence-electron chi connectivity index (χ3n) is 2.45. The van der Waals surface area contributed by atoms with Gasteiger partial charge in [0.2, 0.25) is 0 Å². The van der Waals surface area contributed by atoms with Crippen molar-refractivity contribution in [3.05, 3.63) is 29.6 Å². The molecule has 0 saturated heterocycles. The summed E-state index contributed by atoms with van der Waals surface area (Å²) in [5.74, 6) is 0. The Hall–Kier alpha value is -1.10. The summed E-state index contributed by atoms with van der Waals surface area (Å²) < 4.78 is 37.1. The van der Waals surface area contributed by atoms with Crippen LogP contribution in [0.5, 0.6) is 0 Å². The number of fused-ring (bicyclic) bond motifs is 1. The predicted molar refractivity (Wildman–Crippen MR) is 43.5 cm³/mol. The van der Waals surface area contributed by atoms with E-state index in [0.29, 0.717) is 12.0 Å². The molecule has 0 spiro atoms.